The average Bonchev–Trinajstić information content (AvgIpc) is 3.07. The van der Waals surface area contributed by atoms with Gasteiger partial charge in [0.2, 0.25) is 0 Å². The van der Waals surface area contributed by atoms with Crippen LogP contribution in [-0.4, -0.2) is 19.7 Å². The third-order valence-electron chi connectivity index (χ3n) is 4.67. The molecule has 136 valence electrons. The molecule has 5 aromatic rings. The van der Waals surface area contributed by atoms with E-state index in [1.807, 2.05) is 35.0 Å². The summed E-state index contributed by atoms with van der Waals surface area (Å²) in [5.74, 6) is 1.56. The lowest BCUT2D eigenvalue weighted by molar-refractivity contribution is 0.715. The highest BCUT2D eigenvalue weighted by molar-refractivity contribution is 14.1. The summed E-state index contributed by atoms with van der Waals surface area (Å²) in [6, 6.07) is 24.7. The normalized spacial score (nSPS) is 11.2. The van der Waals surface area contributed by atoms with E-state index in [1.165, 1.54) is 5.56 Å². The molecule has 0 fully saturated rings. The minimum absolute atomic E-state index is 0.714. The largest absolute Gasteiger partial charge is 0.322 e. The van der Waals surface area contributed by atoms with E-state index in [-0.39, 0.29) is 0 Å². The van der Waals surface area contributed by atoms with Gasteiger partial charge in [0.05, 0.1) is 17.6 Å². The molecule has 0 aliphatic heterocycles. The zero-order chi connectivity index (χ0) is 18.9. The van der Waals surface area contributed by atoms with Crippen molar-refractivity contribution in [1.82, 2.24) is 19.7 Å². The van der Waals surface area contributed by atoms with Crippen molar-refractivity contribution in [2.24, 2.45) is 0 Å². The summed E-state index contributed by atoms with van der Waals surface area (Å²) in [5, 5.41) is 10.3. The van der Waals surface area contributed by atoms with Crippen LogP contribution in [0.1, 0.15) is 5.56 Å². The Kier molecular flexibility index (Phi) is 4.40. The molecule has 0 amide bonds. The molecule has 0 spiro atoms. The van der Waals surface area contributed by atoms with Crippen molar-refractivity contribution in [3.63, 3.8) is 0 Å². The van der Waals surface area contributed by atoms with E-state index in [0.29, 0.717) is 6.54 Å². The number of rotatable bonds is 4. The number of nitrogens with zero attached hydrogens (tertiary/aromatic N) is 4. The topological polar surface area (TPSA) is 55.6 Å². The van der Waals surface area contributed by atoms with Gasteiger partial charge in [-0.05, 0) is 58.5 Å². The molecule has 0 bridgehead atoms. The zero-order valence-corrected chi connectivity index (χ0v) is 17.0. The smallest absolute Gasteiger partial charge is 0.161 e. The summed E-state index contributed by atoms with van der Waals surface area (Å²) in [4.78, 5) is 8.84. The standard InChI is InChI=1S/C22H16IN5/c23-16-10-11-19-18(12-16)21(25-14-24-19)26-22-17-8-4-5-9-20(17)28(27-22)13-15-6-2-1-3-7-15/h1-12,14H,13H2,(H,24,25,26,27). The molecule has 0 radical (unpaired) electrons. The van der Waals surface area contributed by atoms with E-state index in [2.05, 4.69) is 80.3 Å². The number of para-hydroxylation sites is 1. The molecule has 0 saturated carbocycles. The summed E-state index contributed by atoms with van der Waals surface area (Å²) in [6.45, 7) is 0.714. The molecule has 0 atom stereocenters. The predicted octanol–water partition coefficient (Wildman–Crippen LogP) is 5.38. The maximum absolute atomic E-state index is 4.85. The van der Waals surface area contributed by atoms with Gasteiger partial charge in [0.15, 0.2) is 5.82 Å². The number of fused-ring (bicyclic) bond motifs is 2. The van der Waals surface area contributed by atoms with Crippen molar-refractivity contribution in [2.45, 2.75) is 6.54 Å². The van der Waals surface area contributed by atoms with E-state index in [0.717, 1.165) is 37.0 Å². The molecule has 5 rings (SSSR count). The first-order valence-corrected chi connectivity index (χ1v) is 10.0. The second-order valence-electron chi connectivity index (χ2n) is 6.52. The summed E-state index contributed by atoms with van der Waals surface area (Å²) >= 11 is 2.30. The molecule has 3 aromatic carbocycles. The Morgan fingerprint density at radius 3 is 2.54 bits per heavy atom. The lowest BCUT2D eigenvalue weighted by Gasteiger charge is -2.07. The minimum Gasteiger partial charge on any atom is -0.322 e. The Bertz CT molecular complexity index is 1280. The summed E-state index contributed by atoms with van der Waals surface area (Å²) in [7, 11) is 0. The molecule has 6 heteroatoms. The maximum Gasteiger partial charge on any atom is 0.161 e. The van der Waals surface area contributed by atoms with Crippen LogP contribution in [0.4, 0.5) is 11.6 Å². The molecule has 0 aliphatic carbocycles. The number of halogens is 1. The molecule has 2 heterocycles. The van der Waals surface area contributed by atoms with Gasteiger partial charge in [-0.3, -0.25) is 4.68 Å². The van der Waals surface area contributed by atoms with Crippen molar-refractivity contribution in [3.05, 3.63) is 88.3 Å². The molecule has 0 saturated heterocycles. The van der Waals surface area contributed by atoms with Gasteiger partial charge < -0.3 is 5.32 Å². The molecule has 1 N–H and O–H groups in total. The van der Waals surface area contributed by atoms with Gasteiger partial charge in [0.1, 0.15) is 12.1 Å². The molecule has 28 heavy (non-hydrogen) atoms. The quantitative estimate of drug-likeness (QED) is 0.354. The average molecular weight is 477 g/mol. The van der Waals surface area contributed by atoms with Crippen LogP contribution in [0.2, 0.25) is 0 Å². The van der Waals surface area contributed by atoms with Crippen molar-refractivity contribution in [2.75, 3.05) is 5.32 Å². The zero-order valence-electron chi connectivity index (χ0n) is 14.9. The van der Waals surface area contributed by atoms with Gasteiger partial charge >= 0.3 is 0 Å². The third kappa shape index (κ3) is 3.20. The van der Waals surface area contributed by atoms with Gasteiger partial charge in [-0.25, -0.2) is 9.97 Å². The maximum atomic E-state index is 4.85. The van der Waals surface area contributed by atoms with E-state index >= 15 is 0 Å². The molecule has 0 aliphatic rings. The number of hydrogen-bond donors (Lipinski definition) is 1. The Labute approximate surface area is 175 Å². The van der Waals surface area contributed by atoms with Crippen LogP contribution >= 0.6 is 22.6 Å². The second kappa shape index (κ2) is 7.20. The van der Waals surface area contributed by atoms with E-state index in [9.17, 15) is 0 Å². The first-order chi connectivity index (χ1) is 13.8. The molecular weight excluding hydrogens is 461 g/mol. The lowest BCUT2D eigenvalue weighted by Crippen LogP contribution is -2.03. The number of hydrogen-bond acceptors (Lipinski definition) is 4. The number of aromatic nitrogens is 4. The second-order valence-corrected chi connectivity index (χ2v) is 7.76. The highest BCUT2D eigenvalue weighted by atomic mass is 127. The van der Waals surface area contributed by atoms with Gasteiger partial charge in [-0.1, -0.05) is 42.5 Å². The van der Waals surface area contributed by atoms with Crippen molar-refractivity contribution in [3.8, 4) is 0 Å². The Balaban J connectivity index is 1.60. The third-order valence-corrected chi connectivity index (χ3v) is 5.34. The van der Waals surface area contributed by atoms with Crippen LogP contribution in [0.3, 0.4) is 0 Å². The van der Waals surface area contributed by atoms with Crippen LogP contribution in [-0.2, 0) is 6.54 Å². The SMILES string of the molecule is Ic1ccc2ncnc(Nc3nn(Cc4ccccc4)c4ccccc34)c2c1. The van der Waals surface area contributed by atoms with Crippen LogP contribution < -0.4 is 5.32 Å². The summed E-state index contributed by atoms with van der Waals surface area (Å²) in [5.41, 5.74) is 3.21. The van der Waals surface area contributed by atoms with E-state index in [1.54, 1.807) is 6.33 Å². The van der Waals surface area contributed by atoms with Gasteiger partial charge in [-0.15, -0.1) is 0 Å². The minimum atomic E-state index is 0.714. The van der Waals surface area contributed by atoms with Gasteiger partial charge in [-0.2, -0.15) is 5.10 Å². The van der Waals surface area contributed by atoms with Crippen molar-refractivity contribution < 1.29 is 0 Å². The van der Waals surface area contributed by atoms with Gasteiger partial charge in [0, 0.05) is 14.3 Å². The number of anilines is 2. The lowest BCUT2D eigenvalue weighted by atomic mass is 10.2. The monoisotopic (exact) mass is 477 g/mol. The molecule has 0 unspecified atom stereocenters. The summed E-state index contributed by atoms with van der Waals surface area (Å²) in [6.07, 6.45) is 1.58. The van der Waals surface area contributed by atoms with Crippen LogP contribution in [0.5, 0.6) is 0 Å². The fourth-order valence-electron chi connectivity index (χ4n) is 3.34. The Hall–Kier alpha value is -3.00. The van der Waals surface area contributed by atoms with Crippen LogP contribution in [0.15, 0.2) is 79.1 Å². The molecule has 2 aromatic heterocycles. The highest BCUT2D eigenvalue weighted by Gasteiger charge is 2.13. The van der Waals surface area contributed by atoms with Crippen LogP contribution in [0, 0.1) is 3.57 Å². The predicted molar refractivity (Wildman–Crippen MR) is 121 cm³/mol. The van der Waals surface area contributed by atoms with Crippen LogP contribution in [0.25, 0.3) is 21.8 Å². The highest BCUT2D eigenvalue weighted by Crippen LogP contribution is 2.29. The first kappa shape index (κ1) is 17.1. The van der Waals surface area contributed by atoms with Gasteiger partial charge in [0.25, 0.3) is 0 Å². The fourth-order valence-corrected chi connectivity index (χ4v) is 3.83. The Morgan fingerprint density at radius 1 is 0.821 bits per heavy atom. The van der Waals surface area contributed by atoms with Crippen molar-refractivity contribution >= 4 is 56.0 Å². The number of benzene rings is 3. The molecule has 5 nitrogen and oxygen atoms in total. The van der Waals surface area contributed by atoms with E-state index < -0.39 is 0 Å². The first-order valence-electron chi connectivity index (χ1n) is 8.95. The number of nitrogens with one attached hydrogen (secondary N) is 1. The van der Waals surface area contributed by atoms with Crippen molar-refractivity contribution in [1.29, 1.82) is 0 Å². The van der Waals surface area contributed by atoms with E-state index in [4.69, 9.17) is 5.10 Å². The molecular formula is C22H16IN5. The fraction of sp³-hybridized carbons (Fsp3) is 0.0455. The summed E-state index contributed by atoms with van der Waals surface area (Å²) < 4.78 is 3.17. The Morgan fingerprint density at radius 2 is 1.64 bits per heavy atom.